The topological polar surface area (TPSA) is 50.9 Å². The maximum Gasteiger partial charge on any atom is 0.0666 e. The zero-order valence-corrected chi connectivity index (χ0v) is 18.3. The Morgan fingerprint density at radius 3 is 2.22 bits per heavy atom. The average Bonchev–Trinajstić information content (AvgIpc) is 2.57. The largest absolute Gasteiger partial charge is 0.399 e. The highest BCUT2D eigenvalue weighted by molar-refractivity contribution is 7.97. The zero-order valence-electron chi connectivity index (χ0n) is 17.5. The fourth-order valence-corrected chi connectivity index (χ4v) is 3.51. The molecule has 1 aromatic heterocycles. The van der Waals surface area contributed by atoms with Crippen molar-refractivity contribution >= 4 is 23.1 Å². The van der Waals surface area contributed by atoms with Gasteiger partial charge in [0.1, 0.15) is 0 Å². The number of rotatable bonds is 5. The van der Waals surface area contributed by atoms with Gasteiger partial charge in [0.05, 0.1) is 5.69 Å². The molecule has 2 rings (SSSR count). The van der Waals surface area contributed by atoms with Crippen molar-refractivity contribution in [1.29, 1.82) is 0 Å². The molecule has 144 valence electrons. The van der Waals surface area contributed by atoms with Gasteiger partial charge in [-0.2, -0.15) is 0 Å². The Morgan fingerprint density at radius 1 is 1.07 bits per heavy atom. The molecule has 0 fully saturated rings. The molecular weight excluding hydrogens is 350 g/mol. The van der Waals surface area contributed by atoms with Crippen molar-refractivity contribution in [2.24, 2.45) is 5.73 Å². The molecule has 0 radical (unpaired) electrons. The first-order valence-electron chi connectivity index (χ1n) is 9.14. The lowest BCUT2D eigenvalue weighted by atomic mass is 9.90. The molecule has 1 aromatic carbocycles. The predicted molar refractivity (Wildman–Crippen MR) is 119 cm³/mol. The van der Waals surface area contributed by atoms with Gasteiger partial charge in [0.2, 0.25) is 0 Å². The smallest absolute Gasteiger partial charge is 0.0666 e. The lowest BCUT2D eigenvalue weighted by Crippen LogP contribution is -2.29. The monoisotopic (exact) mass is 381 g/mol. The molecule has 0 saturated heterocycles. The van der Waals surface area contributed by atoms with Crippen LogP contribution in [0.5, 0.6) is 0 Å². The second kappa shape index (κ2) is 8.32. The van der Waals surface area contributed by atoms with Crippen LogP contribution in [0, 0.1) is 20.8 Å². The van der Waals surface area contributed by atoms with E-state index in [1.807, 2.05) is 12.3 Å². The van der Waals surface area contributed by atoms with Gasteiger partial charge >= 0.3 is 0 Å². The summed E-state index contributed by atoms with van der Waals surface area (Å²) in [6.45, 7) is 18.9. The van der Waals surface area contributed by atoms with Crippen molar-refractivity contribution in [3.63, 3.8) is 0 Å². The predicted octanol–water partition coefficient (Wildman–Crippen LogP) is 5.81. The van der Waals surface area contributed by atoms with Crippen molar-refractivity contribution < 1.29 is 0 Å². The number of nitrogens with one attached hydrogen (secondary N) is 1. The molecule has 0 aliphatic heterocycles. The maximum absolute atomic E-state index is 6.20. The molecule has 0 atom stereocenters. The highest BCUT2D eigenvalue weighted by atomic mass is 32.2. The third-order valence-corrected chi connectivity index (χ3v) is 5.59. The summed E-state index contributed by atoms with van der Waals surface area (Å²) in [6.07, 6.45) is 1.90. The second-order valence-electron chi connectivity index (χ2n) is 8.11. The molecule has 2 aromatic rings. The minimum absolute atomic E-state index is 0.0461. The van der Waals surface area contributed by atoms with E-state index in [-0.39, 0.29) is 5.54 Å². The number of benzene rings is 1. The van der Waals surface area contributed by atoms with Crippen molar-refractivity contribution in [2.45, 2.75) is 58.9 Å². The van der Waals surface area contributed by atoms with Crippen LogP contribution in [-0.2, 0) is 0 Å². The molecule has 27 heavy (non-hydrogen) atoms. The van der Waals surface area contributed by atoms with Gasteiger partial charge < -0.3 is 5.73 Å². The number of nitrogens with zero attached hydrogens (tertiary/aromatic N) is 1. The molecular formula is C23H31N3S. The highest BCUT2D eigenvalue weighted by Gasteiger charge is 2.15. The van der Waals surface area contributed by atoms with Crippen LogP contribution in [0.2, 0.25) is 0 Å². The number of nitrogens with two attached hydrogens (primary N) is 1. The summed E-state index contributed by atoms with van der Waals surface area (Å²) >= 11 is 1.59. The highest BCUT2D eigenvalue weighted by Crippen LogP contribution is 2.32. The first-order chi connectivity index (χ1) is 12.5. The van der Waals surface area contributed by atoms with Crippen LogP contribution in [0.25, 0.3) is 11.1 Å². The molecule has 0 bridgehead atoms. The van der Waals surface area contributed by atoms with E-state index >= 15 is 0 Å². The lowest BCUT2D eigenvalue weighted by molar-refractivity contribution is 0.535. The van der Waals surface area contributed by atoms with Gasteiger partial charge in [-0.1, -0.05) is 18.7 Å². The average molecular weight is 382 g/mol. The lowest BCUT2D eigenvalue weighted by Gasteiger charge is -2.19. The molecule has 1 heterocycles. The summed E-state index contributed by atoms with van der Waals surface area (Å²) < 4.78 is 3.40. The summed E-state index contributed by atoms with van der Waals surface area (Å²) in [5.74, 6) is 0. The van der Waals surface area contributed by atoms with E-state index in [0.29, 0.717) is 5.70 Å². The van der Waals surface area contributed by atoms with Crippen LogP contribution < -0.4 is 10.5 Å². The van der Waals surface area contributed by atoms with Gasteiger partial charge in [-0.3, -0.25) is 9.71 Å². The van der Waals surface area contributed by atoms with Crippen molar-refractivity contribution in [3.8, 4) is 0 Å². The fourth-order valence-electron chi connectivity index (χ4n) is 2.85. The van der Waals surface area contributed by atoms with E-state index in [1.54, 1.807) is 11.9 Å². The third kappa shape index (κ3) is 5.47. The van der Waals surface area contributed by atoms with Crippen LogP contribution in [0.15, 0.2) is 47.6 Å². The van der Waals surface area contributed by atoms with E-state index in [9.17, 15) is 0 Å². The van der Waals surface area contributed by atoms with E-state index in [1.165, 1.54) is 16.7 Å². The Labute approximate surface area is 168 Å². The molecule has 0 amide bonds. The fraction of sp³-hybridized carbons (Fsp3) is 0.348. The summed E-state index contributed by atoms with van der Waals surface area (Å²) in [4.78, 5) is 5.74. The van der Waals surface area contributed by atoms with E-state index in [2.05, 4.69) is 83.0 Å². The molecule has 0 spiro atoms. The number of pyridine rings is 1. The Hall–Kier alpha value is -2.04. The van der Waals surface area contributed by atoms with E-state index in [4.69, 9.17) is 5.73 Å². The third-order valence-electron chi connectivity index (χ3n) is 4.40. The number of hydrogen-bond acceptors (Lipinski definition) is 4. The summed E-state index contributed by atoms with van der Waals surface area (Å²) in [6, 6.07) is 8.52. The van der Waals surface area contributed by atoms with Gasteiger partial charge in [0, 0.05) is 27.9 Å². The first-order valence-corrected chi connectivity index (χ1v) is 9.95. The maximum atomic E-state index is 6.20. The molecule has 0 saturated carbocycles. The number of aryl methyl sites for hydroxylation is 3. The van der Waals surface area contributed by atoms with Crippen LogP contribution >= 0.6 is 11.9 Å². The van der Waals surface area contributed by atoms with Gasteiger partial charge in [-0.05, 0) is 100 Å². The molecule has 0 aliphatic carbocycles. The van der Waals surface area contributed by atoms with Gasteiger partial charge in [0.15, 0.2) is 0 Å². The first kappa shape index (κ1) is 21.3. The van der Waals surface area contributed by atoms with Crippen LogP contribution in [-0.4, -0.2) is 10.5 Å². The van der Waals surface area contributed by atoms with Crippen LogP contribution in [0.3, 0.4) is 0 Å². The normalized spacial score (nSPS) is 12.7. The Kier molecular flexibility index (Phi) is 6.55. The summed E-state index contributed by atoms with van der Waals surface area (Å²) in [5.41, 5.74) is 14.6. The number of allylic oxidation sites excluding steroid dienone is 2. The van der Waals surface area contributed by atoms with Gasteiger partial charge in [0.25, 0.3) is 0 Å². The van der Waals surface area contributed by atoms with E-state index in [0.717, 1.165) is 27.3 Å². The summed E-state index contributed by atoms with van der Waals surface area (Å²) in [7, 11) is 0. The number of aromatic nitrogens is 1. The van der Waals surface area contributed by atoms with Crippen molar-refractivity contribution in [3.05, 3.63) is 70.7 Å². The minimum atomic E-state index is 0.0461. The quantitative estimate of drug-likeness (QED) is 0.507. The second-order valence-corrected chi connectivity index (χ2v) is 8.99. The van der Waals surface area contributed by atoms with Crippen LogP contribution in [0.1, 0.15) is 55.6 Å². The molecule has 0 aliphatic rings. The van der Waals surface area contributed by atoms with Gasteiger partial charge in [-0.25, -0.2) is 0 Å². The van der Waals surface area contributed by atoms with Crippen molar-refractivity contribution in [2.75, 3.05) is 0 Å². The summed E-state index contributed by atoms with van der Waals surface area (Å²) in [5, 5.41) is 0. The Bertz CT molecular complexity index is 872. The van der Waals surface area contributed by atoms with E-state index < -0.39 is 0 Å². The number of hydrogen-bond donors (Lipinski definition) is 2. The molecule has 3 nitrogen and oxygen atoms in total. The molecule has 3 N–H and O–H groups in total. The van der Waals surface area contributed by atoms with Crippen LogP contribution in [0.4, 0.5) is 0 Å². The van der Waals surface area contributed by atoms with Gasteiger partial charge in [-0.15, -0.1) is 0 Å². The zero-order chi connectivity index (χ0) is 20.4. The molecule has 4 heteroatoms. The Balaban J connectivity index is 2.43. The standard InChI is InChI=1S/C23H31N3S/c1-14-11-16(3)20(12-15(14)2)22(18(5)24)17(4)21-10-9-19(13-25-21)27-26-23(6,7)8/h9-13,26H,5,24H2,1-4,6-8H3/b22-17+. The molecule has 0 unspecified atom stereocenters. The minimum Gasteiger partial charge on any atom is -0.399 e. The Morgan fingerprint density at radius 2 is 1.70 bits per heavy atom. The SMILES string of the molecule is C=C(N)/C(=C(/C)c1ccc(SNC(C)(C)C)cn1)c1cc(C)c(C)cc1C. The van der Waals surface area contributed by atoms with Crippen molar-refractivity contribution in [1.82, 2.24) is 9.71 Å².